The molecule has 2 aromatic rings. The zero-order valence-electron chi connectivity index (χ0n) is 21.7. The van der Waals surface area contributed by atoms with Crippen LogP contribution in [0.2, 0.25) is 0 Å². The Bertz CT molecular complexity index is 1420. The van der Waals surface area contributed by atoms with Crippen molar-refractivity contribution in [2.24, 2.45) is 0 Å². The number of nitrogens with one attached hydrogen (secondary N) is 3. The predicted molar refractivity (Wildman–Crippen MR) is 145 cm³/mol. The van der Waals surface area contributed by atoms with Crippen molar-refractivity contribution in [1.82, 2.24) is 25.6 Å². The number of carbonyl (C=O) groups excluding carboxylic acids is 4. The Kier molecular flexibility index (Phi) is 6.22. The molecule has 0 aliphatic carbocycles. The van der Waals surface area contributed by atoms with Crippen molar-refractivity contribution in [3.8, 4) is 0 Å². The molecule has 0 aromatic heterocycles. The molecule has 0 radical (unpaired) electrons. The Labute approximate surface area is 234 Å². The van der Waals surface area contributed by atoms with Crippen molar-refractivity contribution in [2.75, 3.05) is 11.9 Å². The van der Waals surface area contributed by atoms with Gasteiger partial charge in [0.1, 0.15) is 17.5 Å². The molecule has 12 nitrogen and oxygen atoms in total. The Hall–Kier alpha value is -4.10. The molecule has 4 aliphatic heterocycles. The third-order valence-corrected chi connectivity index (χ3v) is 9.31. The summed E-state index contributed by atoms with van der Waals surface area (Å²) in [5, 5.41) is 16.1. The van der Waals surface area contributed by atoms with Crippen LogP contribution in [0.3, 0.4) is 0 Å². The molecule has 0 bridgehead atoms. The molecule has 2 unspecified atom stereocenters. The summed E-state index contributed by atoms with van der Waals surface area (Å²) in [5.41, 5.74) is 5.17. The van der Waals surface area contributed by atoms with Gasteiger partial charge in [-0.25, -0.2) is 24.7 Å². The number of hydrogen-bond acceptors (Lipinski definition) is 7. The summed E-state index contributed by atoms with van der Waals surface area (Å²) in [7, 11) is 0. The molecule has 0 saturated carbocycles. The van der Waals surface area contributed by atoms with E-state index in [0.29, 0.717) is 11.3 Å². The summed E-state index contributed by atoms with van der Waals surface area (Å²) < 4.78 is -0.677. The summed E-state index contributed by atoms with van der Waals surface area (Å²) in [5.74, 6) is -1.87. The highest BCUT2D eigenvalue weighted by atomic mass is 32.2. The number of hydrogen-bond donors (Lipinski definition) is 4. The molecule has 0 spiro atoms. The summed E-state index contributed by atoms with van der Waals surface area (Å²) in [6.07, 6.45) is -0.0438. The number of aliphatic carboxylic acids is 1. The van der Waals surface area contributed by atoms with Crippen LogP contribution in [0, 0.1) is 0 Å². The number of benzene rings is 2. The fourth-order valence-corrected chi connectivity index (χ4v) is 7.44. The Morgan fingerprint density at radius 1 is 1.10 bits per heavy atom. The fourth-order valence-electron chi connectivity index (χ4n) is 5.81. The van der Waals surface area contributed by atoms with Crippen LogP contribution in [0.5, 0.6) is 0 Å². The normalized spacial score (nSPS) is 27.9. The van der Waals surface area contributed by atoms with Crippen LogP contribution in [0.15, 0.2) is 54.6 Å². The first-order valence-electron chi connectivity index (χ1n) is 12.9. The van der Waals surface area contributed by atoms with E-state index in [1.807, 2.05) is 30.3 Å². The number of carboxylic acids is 1. The molecule has 6 rings (SSSR count). The van der Waals surface area contributed by atoms with Gasteiger partial charge in [-0.15, -0.1) is 11.8 Å². The summed E-state index contributed by atoms with van der Waals surface area (Å²) >= 11 is 1.36. The number of thioether (sulfide) groups is 1. The van der Waals surface area contributed by atoms with Gasteiger partial charge < -0.3 is 20.6 Å². The highest BCUT2D eigenvalue weighted by Gasteiger charge is 2.64. The molecule has 4 fully saturated rings. The van der Waals surface area contributed by atoms with Crippen molar-refractivity contribution >= 4 is 47.3 Å². The number of hydrazine groups is 1. The molecule has 5 atom stereocenters. The summed E-state index contributed by atoms with van der Waals surface area (Å²) in [6, 6.07) is 13.5. The molecule has 4 N–H and O–H groups in total. The zero-order chi connectivity index (χ0) is 28.3. The monoisotopic (exact) mass is 564 g/mol. The number of β-lactam (4-membered cyclic amide) rings is 1. The minimum atomic E-state index is -1.07. The molecule has 6 amide bonds. The van der Waals surface area contributed by atoms with Crippen LogP contribution >= 0.6 is 11.8 Å². The molecule has 4 heterocycles. The van der Waals surface area contributed by atoms with E-state index in [-0.39, 0.29) is 25.0 Å². The van der Waals surface area contributed by atoms with Gasteiger partial charge in [0, 0.05) is 10.4 Å². The van der Waals surface area contributed by atoms with Gasteiger partial charge in [0.25, 0.3) is 0 Å². The predicted octanol–water partition coefficient (Wildman–Crippen LogP) is 1.76. The van der Waals surface area contributed by atoms with Crippen molar-refractivity contribution in [3.63, 3.8) is 0 Å². The molecule has 4 saturated heterocycles. The second-order valence-electron chi connectivity index (χ2n) is 10.8. The molecule has 40 heavy (non-hydrogen) atoms. The number of nitrogens with zero attached hydrogens (tertiary/aromatic N) is 3. The Morgan fingerprint density at radius 2 is 1.85 bits per heavy atom. The molecule has 208 valence electrons. The lowest BCUT2D eigenvalue weighted by Crippen LogP contribution is -2.70. The van der Waals surface area contributed by atoms with Gasteiger partial charge in [-0.05, 0) is 37.1 Å². The highest BCUT2D eigenvalue weighted by Crippen LogP contribution is 2.50. The van der Waals surface area contributed by atoms with E-state index in [1.165, 1.54) is 21.7 Å². The first-order valence-corrected chi connectivity index (χ1v) is 13.8. The van der Waals surface area contributed by atoms with E-state index < -0.39 is 52.1 Å². The Balaban J connectivity index is 1.05. The standard InChI is InChI=1S/C27H28N6O6S/c1-27(2)21(24(36)37)32-22(35)20(23(32)40-27)29-18(34)12-14-7-6-10-16(11-14)28-25(38)31-13-17-19(30-33(17)26(31)39)15-8-4-3-5-9-15/h3-11,17,19-21,23,30H,12-13H2,1-2H3,(H,28,38)(H,29,34)(H,36,37)/t17?,19?,20-,21+,23-/m1/s1. The number of urea groups is 2. The smallest absolute Gasteiger partial charge is 0.342 e. The van der Waals surface area contributed by atoms with Gasteiger partial charge in [0.05, 0.1) is 25.0 Å². The van der Waals surface area contributed by atoms with Gasteiger partial charge in [-0.2, -0.15) is 0 Å². The quantitative estimate of drug-likeness (QED) is 0.388. The first kappa shape index (κ1) is 26.1. The minimum absolute atomic E-state index is 0.0438. The maximum absolute atomic E-state index is 13.0. The first-order chi connectivity index (χ1) is 19.0. The summed E-state index contributed by atoms with van der Waals surface area (Å²) in [6.45, 7) is 3.79. The van der Waals surface area contributed by atoms with Crippen LogP contribution in [-0.4, -0.2) is 84.6 Å². The van der Waals surface area contributed by atoms with E-state index in [1.54, 1.807) is 38.1 Å². The maximum atomic E-state index is 13.0. The third kappa shape index (κ3) is 4.25. The average Bonchev–Trinajstić information content (AvgIpc) is 3.30. The maximum Gasteiger partial charge on any atom is 0.342 e. The number of imide groups is 1. The molecule has 2 aromatic carbocycles. The number of carboxylic acid groups (broad SMARTS) is 1. The van der Waals surface area contributed by atoms with Crippen molar-refractivity contribution in [3.05, 3.63) is 65.7 Å². The van der Waals surface area contributed by atoms with Gasteiger partial charge in [0.15, 0.2) is 0 Å². The molecular weight excluding hydrogens is 536 g/mol. The minimum Gasteiger partial charge on any atom is -0.480 e. The number of anilines is 1. The second kappa shape index (κ2) is 9.52. The van der Waals surface area contributed by atoms with E-state index in [4.69, 9.17) is 0 Å². The third-order valence-electron chi connectivity index (χ3n) is 7.74. The second-order valence-corrected chi connectivity index (χ2v) is 12.6. The highest BCUT2D eigenvalue weighted by molar-refractivity contribution is 8.01. The van der Waals surface area contributed by atoms with E-state index in [0.717, 1.165) is 10.5 Å². The SMILES string of the molecule is CC1(C)S[C@@H]2[C@H](NC(=O)Cc3cccc(NC(=O)N4CC5C(c6ccccc6)NN5C4=O)c3)C(=O)N2[C@H]1C(=O)O. The van der Waals surface area contributed by atoms with Gasteiger partial charge in [-0.1, -0.05) is 42.5 Å². The van der Waals surface area contributed by atoms with Crippen molar-refractivity contribution in [1.29, 1.82) is 0 Å². The van der Waals surface area contributed by atoms with Gasteiger partial charge >= 0.3 is 18.0 Å². The average molecular weight is 565 g/mol. The van der Waals surface area contributed by atoms with Crippen LogP contribution < -0.4 is 16.1 Å². The lowest BCUT2D eigenvalue weighted by Gasteiger charge is -2.43. The summed E-state index contributed by atoms with van der Waals surface area (Å²) in [4.78, 5) is 65.3. The fraction of sp³-hybridized carbons (Fsp3) is 0.370. The molecule has 13 heteroatoms. The number of fused-ring (bicyclic) bond motifs is 2. The topological polar surface area (TPSA) is 151 Å². The van der Waals surface area contributed by atoms with Crippen LogP contribution in [-0.2, 0) is 20.8 Å². The zero-order valence-corrected chi connectivity index (χ0v) is 22.6. The Morgan fingerprint density at radius 3 is 2.58 bits per heavy atom. The van der Waals surface area contributed by atoms with Crippen LogP contribution in [0.1, 0.15) is 31.0 Å². The van der Waals surface area contributed by atoms with E-state index in [2.05, 4.69) is 16.1 Å². The van der Waals surface area contributed by atoms with Crippen LogP contribution in [0.25, 0.3) is 0 Å². The van der Waals surface area contributed by atoms with Gasteiger partial charge in [-0.3, -0.25) is 14.6 Å². The molecule has 4 aliphatic rings. The van der Waals surface area contributed by atoms with Gasteiger partial charge in [0.2, 0.25) is 11.8 Å². The van der Waals surface area contributed by atoms with Crippen LogP contribution in [0.4, 0.5) is 15.3 Å². The van der Waals surface area contributed by atoms with Crippen molar-refractivity contribution < 1.29 is 29.1 Å². The molecular formula is C27H28N6O6S. The lowest BCUT2D eigenvalue weighted by atomic mass is 9.96. The lowest BCUT2D eigenvalue weighted by molar-refractivity contribution is -0.161. The number of carbonyl (C=O) groups is 5. The number of rotatable bonds is 6. The van der Waals surface area contributed by atoms with Crippen molar-refractivity contribution in [2.45, 2.75) is 54.6 Å². The largest absolute Gasteiger partial charge is 0.480 e. The van der Waals surface area contributed by atoms with E-state index >= 15 is 0 Å². The van der Waals surface area contributed by atoms with E-state index in [9.17, 15) is 29.1 Å². The number of amides is 6.